The van der Waals surface area contributed by atoms with Crippen molar-refractivity contribution in [2.75, 3.05) is 31.9 Å². The number of hydrogen-bond donors (Lipinski definition) is 0. The van der Waals surface area contributed by atoms with Crippen LogP contribution in [0, 0.1) is 0 Å². The van der Waals surface area contributed by atoms with Crippen LogP contribution in [0.15, 0.2) is 60.3 Å². The minimum Gasteiger partial charge on any atom is -0.339 e. The highest BCUT2D eigenvalue weighted by Crippen LogP contribution is 2.40. The number of allylic oxidation sites excluding steroid dienone is 1. The number of fused-ring (bicyclic) bond motifs is 1. The van der Waals surface area contributed by atoms with Gasteiger partial charge in [-0.15, -0.1) is 16.8 Å². The summed E-state index contributed by atoms with van der Waals surface area (Å²) in [7, 11) is 0. The van der Waals surface area contributed by atoms with Gasteiger partial charge in [0.25, 0.3) is 0 Å². The number of benzene rings is 2. The first-order chi connectivity index (χ1) is 15.7. The van der Waals surface area contributed by atoms with Crippen LogP contribution in [0.3, 0.4) is 0 Å². The third-order valence-corrected chi connectivity index (χ3v) is 7.27. The van der Waals surface area contributed by atoms with Gasteiger partial charge in [-0.05, 0) is 29.2 Å². The van der Waals surface area contributed by atoms with Crippen molar-refractivity contribution >= 4 is 28.4 Å². The summed E-state index contributed by atoms with van der Waals surface area (Å²) in [6.45, 7) is 8.83. The van der Waals surface area contributed by atoms with Gasteiger partial charge in [0.15, 0.2) is 5.16 Å². The molecular weight excluding hydrogens is 418 g/mol. The molecule has 32 heavy (non-hydrogen) atoms. The highest BCUT2D eigenvalue weighted by molar-refractivity contribution is 7.99. The normalized spacial score (nSPS) is 17.1. The SMILES string of the molecule is C=CCn1c(SCC(=O)N2CCN(Cc3cccc4ccccc34)CC2)nnc1C1CC1. The fraction of sp³-hybridized carbons (Fsp3) is 0.400. The number of rotatable bonds is 8. The number of nitrogens with zero attached hydrogens (tertiary/aromatic N) is 5. The van der Waals surface area contributed by atoms with Gasteiger partial charge in [-0.3, -0.25) is 9.69 Å². The number of piperazine rings is 1. The Balaban J connectivity index is 1.14. The molecule has 2 fully saturated rings. The minimum absolute atomic E-state index is 0.181. The molecule has 1 saturated carbocycles. The number of aromatic nitrogens is 3. The van der Waals surface area contributed by atoms with Crippen LogP contribution in [-0.2, 0) is 17.9 Å². The number of carbonyl (C=O) groups is 1. The van der Waals surface area contributed by atoms with Gasteiger partial charge in [-0.25, -0.2) is 0 Å². The third kappa shape index (κ3) is 4.59. The fourth-order valence-electron chi connectivity index (χ4n) is 4.40. The van der Waals surface area contributed by atoms with E-state index in [1.165, 1.54) is 40.9 Å². The summed E-state index contributed by atoms with van der Waals surface area (Å²) >= 11 is 1.50. The van der Waals surface area contributed by atoms with Gasteiger partial charge in [0.2, 0.25) is 5.91 Å². The molecule has 1 aliphatic carbocycles. The molecule has 0 bridgehead atoms. The van der Waals surface area contributed by atoms with Crippen molar-refractivity contribution in [1.82, 2.24) is 24.6 Å². The monoisotopic (exact) mass is 447 g/mol. The summed E-state index contributed by atoms with van der Waals surface area (Å²) in [4.78, 5) is 17.3. The lowest BCUT2D eigenvalue weighted by Crippen LogP contribution is -2.48. The maximum Gasteiger partial charge on any atom is 0.233 e. The second-order valence-electron chi connectivity index (χ2n) is 8.60. The smallest absolute Gasteiger partial charge is 0.233 e. The predicted octanol–water partition coefficient (Wildman–Crippen LogP) is 3.93. The molecule has 7 heteroatoms. The molecule has 5 rings (SSSR count). The molecule has 2 aromatic carbocycles. The van der Waals surface area contributed by atoms with Gasteiger partial charge in [0, 0.05) is 45.2 Å². The Morgan fingerprint density at radius 1 is 1.06 bits per heavy atom. The molecule has 0 N–H and O–H groups in total. The average molecular weight is 448 g/mol. The Labute approximate surface area is 193 Å². The van der Waals surface area contributed by atoms with E-state index in [0.717, 1.165) is 43.7 Å². The lowest BCUT2D eigenvalue weighted by atomic mass is 10.0. The molecule has 3 aromatic rings. The molecule has 1 aromatic heterocycles. The van der Waals surface area contributed by atoms with E-state index in [2.05, 4.69) is 68.7 Å². The summed E-state index contributed by atoms with van der Waals surface area (Å²) < 4.78 is 2.12. The van der Waals surface area contributed by atoms with Gasteiger partial charge >= 0.3 is 0 Å². The van der Waals surface area contributed by atoms with E-state index in [4.69, 9.17) is 0 Å². The van der Waals surface area contributed by atoms with E-state index in [1.807, 2.05) is 11.0 Å². The maximum absolute atomic E-state index is 12.8. The van der Waals surface area contributed by atoms with Crippen molar-refractivity contribution in [2.45, 2.75) is 37.0 Å². The van der Waals surface area contributed by atoms with Gasteiger partial charge in [-0.1, -0.05) is 60.3 Å². The Hall–Kier alpha value is -2.64. The second-order valence-corrected chi connectivity index (χ2v) is 9.54. The van der Waals surface area contributed by atoms with Crippen molar-refractivity contribution in [1.29, 1.82) is 0 Å². The summed E-state index contributed by atoms with van der Waals surface area (Å²) in [5, 5.41) is 12.1. The van der Waals surface area contributed by atoms with Gasteiger partial charge in [-0.2, -0.15) is 0 Å². The fourth-order valence-corrected chi connectivity index (χ4v) is 5.25. The molecule has 0 radical (unpaired) electrons. The molecule has 1 saturated heterocycles. The van der Waals surface area contributed by atoms with E-state index < -0.39 is 0 Å². The van der Waals surface area contributed by atoms with Crippen LogP contribution in [0.1, 0.15) is 30.1 Å². The van der Waals surface area contributed by atoms with Crippen molar-refractivity contribution in [2.24, 2.45) is 0 Å². The Kier molecular flexibility index (Phi) is 6.28. The lowest BCUT2D eigenvalue weighted by molar-refractivity contribution is -0.130. The van der Waals surface area contributed by atoms with Gasteiger partial charge in [0.1, 0.15) is 5.82 Å². The number of thioether (sulfide) groups is 1. The minimum atomic E-state index is 0.181. The molecule has 0 atom stereocenters. The number of carbonyl (C=O) groups excluding carboxylic acids is 1. The molecule has 2 aliphatic rings. The first-order valence-corrected chi connectivity index (χ1v) is 12.3. The largest absolute Gasteiger partial charge is 0.339 e. The molecule has 0 unspecified atom stereocenters. The maximum atomic E-state index is 12.8. The first kappa shape index (κ1) is 21.2. The van der Waals surface area contributed by atoms with Crippen LogP contribution < -0.4 is 0 Å². The van der Waals surface area contributed by atoms with Gasteiger partial charge < -0.3 is 9.47 Å². The standard InChI is InChI=1S/C25H29N5OS/c1-2-12-30-24(20-10-11-20)26-27-25(30)32-18-23(31)29-15-13-28(14-16-29)17-21-8-5-7-19-6-3-4-9-22(19)21/h2-9,20H,1,10-18H2. The van der Waals surface area contributed by atoms with Crippen LogP contribution in [0.5, 0.6) is 0 Å². The summed E-state index contributed by atoms with van der Waals surface area (Å²) in [6, 6.07) is 15.1. The van der Waals surface area contributed by atoms with Crippen molar-refractivity contribution in [3.8, 4) is 0 Å². The number of amides is 1. The Morgan fingerprint density at radius 2 is 1.84 bits per heavy atom. The van der Waals surface area contributed by atoms with E-state index in [9.17, 15) is 4.79 Å². The Morgan fingerprint density at radius 3 is 2.62 bits per heavy atom. The molecule has 0 spiro atoms. The lowest BCUT2D eigenvalue weighted by Gasteiger charge is -2.35. The van der Waals surface area contributed by atoms with E-state index in [0.29, 0.717) is 18.2 Å². The van der Waals surface area contributed by atoms with Crippen LogP contribution in [0.2, 0.25) is 0 Å². The highest BCUT2D eigenvalue weighted by Gasteiger charge is 2.30. The highest BCUT2D eigenvalue weighted by atomic mass is 32.2. The molecular formula is C25H29N5OS. The molecule has 166 valence electrons. The van der Waals surface area contributed by atoms with E-state index >= 15 is 0 Å². The summed E-state index contributed by atoms with van der Waals surface area (Å²) in [6.07, 6.45) is 4.24. The molecule has 6 nitrogen and oxygen atoms in total. The average Bonchev–Trinajstić information content (AvgIpc) is 3.60. The first-order valence-electron chi connectivity index (χ1n) is 11.4. The second kappa shape index (κ2) is 9.46. The van der Waals surface area contributed by atoms with E-state index in [1.54, 1.807) is 0 Å². The zero-order valence-electron chi connectivity index (χ0n) is 18.3. The zero-order valence-corrected chi connectivity index (χ0v) is 19.1. The number of hydrogen-bond acceptors (Lipinski definition) is 5. The third-order valence-electron chi connectivity index (χ3n) is 6.32. The van der Waals surface area contributed by atoms with Crippen LogP contribution >= 0.6 is 11.8 Å². The quantitative estimate of drug-likeness (QED) is 0.387. The summed E-state index contributed by atoms with van der Waals surface area (Å²) in [5.41, 5.74) is 1.35. The topological polar surface area (TPSA) is 54.3 Å². The molecule has 1 aliphatic heterocycles. The van der Waals surface area contributed by atoms with Gasteiger partial charge in [0.05, 0.1) is 5.75 Å². The predicted molar refractivity (Wildman–Crippen MR) is 129 cm³/mol. The van der Waals surface area contributed by atoms with Crippen molar-refractivity contribution < 1.29 is 4.79 Å². The summed E-state index contributed by atoms with van der Waals surface area (Å²) in [5.74, 6) is 2.16. The van der Waals surface area contributed by atoms with Crippen LogP contribution in [0.4, 0.5) is 0 Å². The Bertz CT molecular complexity index is 1110. The van der Waals surface area contributed by atoms with E-state index in [-0.39, 0.29) is 5.91 Å². The van der Waals surface area contributed by atoms with Crippen molar-refractivity contribution in [3.63, 3.8) is 0 Å². The van der Waals surface area contributed by atoms with Crippen LogP contribution in [0.25, 0.3) is 10.8 Å². The molecule has 1 amide bonds. The zero-order chi connectivity index (χ0) is 21.9. The molecule has 2 heterocycles. The van der Waals surface area contributed by atoms with Crippen LogP contribution in [-0.4, -0.2) is 62.4 Å². The van der Waals surface area contributed by atoms with Crippen molar-refractivity contribution in [3.05, 3.63) is 66.5 Å².